The molecule has 0 aromatic heterocycles. The van der Waals surface area contributed by atoms with E-state index in [0.717, 1.165) is 29.1 Å². The Balaban J connectivity index is 1.51. The van der Waals surface area contributed by atoms with Crippen LogP contribution in [-0.2, 0) is 4.79 Å². The van der Waals surface area contributed by atoms with Crippen LogP contribution >= 0.6 is 11.8 Å². The van der Waals surface area contributed by atoms with Crippen molar-refractivity contribution in [3.63, 3.8) is 0 Å². The fourth-order valence-electron chi connectivity index (χ4n) is 4.07. The lowest BCUT2D eigenvalue weighted by molar-refractivity contribution is -0.906. The molecule has 0 radical (unpaired) electrons. The Morgan fingerprint density at radius 2 is 1.70 bits per heavy atom. The molecule has 1 aliphatic rings. The van der Waals surface area contributed by atoms with Crippen molar-refractivity contribution in [1.29, 1.82) is 0 Å². The second-order valence-corrected chi connectivity index (χ2v) is 10.6. The maximum Gasteiger partial charge on any atom is 0.262 e. The smallest absolute Gasteiger partial charge is 0.262 e. The number of fused-ring (bicyclic) bond motifs is 1. The number of hydrogen-bond acceptors (Lipinski definition) is 3. The van der Waals surface area contributed by atoms with Gasteiger partial charge in [-0.05, 0) is 35.9 Å². The van der Waals surface area contributed by atoms with Gasteiger partial charge in [-0.15, -0.1) is 0 Å². The van der Waals surface area contributed by atoms with Crippen LogP contribution in [0.25, 0.3) is 6.08 Å². The minimum Gasteiger partial charge on any atom is -0.352 e. The molecule has 0 unspecified atom stereocenters. The Hall–Kier alpha value is -2.57. The van der Waals surface area contributed by atoms with E-state index in [4.69, 9.17) is 0 Å². The molecular formula is C27H36N3O2S+. The summed E-state index contributed by atoms with van der Waals surface area (Å²) in [5.74, 6) is 1.19. The Kier molecular flexibility index (Phi) is 9.15. The van der Waals surface area contributed by atoms with Crippen molar-refractivity contribution in [3.05, 3.63) is 64.6 Å². The molecule has 0 bridgehead atoms. The van der Waals surface area contributed by atoms with Gasteiger partial charge < -0.3 is 15.5 Å². The van der Waals surface area contributed by atoms with Crippen molar-refractivity contribution >= 4 is 35.3 Å². The summed E-state index contributed by atoms with van der Waals surface area (Å²) in [5, 5.41) is 5.97. The van der Waals surface area contributed by atoms with E-state index < -0.39 is 0 Å². The zero-order chi connectivity index (χ0) is 23.8. The van der Waals surface area contributed by atoms with Gasteiger partial charge in [-0.1, -0.05) is 63.7 Å². The number of carbonyl (C=O) groups is 2. The molecule has 33 heavy (non-hydrogen) atoms. The zero-order valence-electron chi connectivity index (χ0n) is 20.1. The number of hydrogen-bond donors (Lipinski definition) is 3. The quantitative estimate of drug-likeness (QED) is 0.365. The standard InChI is InChI=1S/C27H35N3O2S/c1-19(2)17-30(18-20(3)4)15-7-14-28-26(31)22-12-10-21(11-13-22)16-25-27(32)29-23-8-5-6-9-24(23)33-25/h5-6,8-13,16,19-20H,7,14-15,17-18H2,1-4H3,(H,28,31)(H,29,32)/p+1. The Bertz CT molecular complexity index is 973. The third-order valence-corrected chi connectivity index (χ3v) is 6.54. The lowest BCUT2D eigenvalue weighted by Crippen LogP contribution is -3.13. The van der Waals surface area contributed by atoms with Gasteiger partial charge in [0.05, 0.1) is 30.2 Å². The summed E-state index contributed by atoms with van der Waals surface area (Å²) in [4.78, 5) is 28.2. The normalized spacial score (nSPS) is 14.6. The maximum atomic E-state index is 12.5. The summed E-state index contributed by atoms with van der Waals surface area (Å²) in [7, 11) is 0. The molecule has 3 N–H and O–H groups in total. The highest BCUT2D eigenvalue weighted by atomic mass is 32.2. The SMILES string of the molecule is CC(C)C[NH+](CCCNC(=O)c1ccc(C=C2Sc3ccccc3NC2=O)cc1)CC(C)C. The van der Waals surface area contributed by atoms with E-state index in [1.807, 2.05) is 54.6 Å². The summed E-state index contributed by atoms with van der Waals surface area (Å²) >= 11 is 1.46. The fourth-order valence-corrected chi connectivity index (χ4v) is 5.02. The maximum absolute atomic E-state index is 12.5. The van der Waals surface area contributed by atoms with E-state index in [9.17, 15) is 9.59 Å². The minimum atomic E-state index is -0.105. The van der Waals surface area contributed by atoms with Gasteiger partial charge in [0.1, 0.15) is 0 Å². The average Bonchev–Trinajstić information content (AvgIpc) is 2.76. The van der Waals surface area contributed by atoms with E-state index >= 15 is 0 Å². The number of quaternary nitrogens is 1. The number of nitrogens with one attached hydrogen (secondary N) is 3. The van der Waals surface area contributed by atoms with Gasteiger partial charge in [0.25, 0.3) is 11.8 Å². The van der Waals surface area contributed by atoms with Gasteiger partial charge in [0, 0.05) is 35.3 Å². The molecule has 2 aromatic rings. The van der Waals surface area contributed by atoms with Gasteiger partial charge in [-0.2, -0.15) is 0 Å². The third kappa shape index (κ3) is 7.76. The van der Waals surface area contributed by atoms with Crippen molar-refractivity contribution in [2.45, 2.75) is 39.0 Å². The van der Waals surface area contributed by atoms with Crippen molar-refractivity contribution in [2.75, 3.05) is 31.5 Å². The number of anilines is 1. The molecule has 1 heterocycles. The molecule has 0 saturated heterocycles. The molecule has 2 aromatic carbocycles. The lowest BCUT2D eigenvalue weighted by atomic mass is 10.1. The highest BCUT2D eigenvalue weighted by Gasteiger charge is 2.20. The molecule has 0 aliphatic carbocycles. The Labute approximate surface area is 202 Å². The van der Waals surface area contributed by atoms with Crippen LogP contribution in [-0.4, -0.2) is 38.0 Å². The predicted octanol–water partition coefficient (Wildman–Crippen LogP) is 4.09. The molecule has 176 valence electrons. The van der Waals surface area contributed by atoms with Crippen LogP contribution in [0.4, 0.5) is 5.69 Å². The van der Waals surface area contributed by atoms with E-state index in [1.165, 1.54) is 24.9 Å². The first-order valence-electron chi connectivity index (χ1n) is 11.8. The van der Waals surface area contributed by atoms with Crippen LogP contribution < -0.4 is 15.5 Å². The number of carbonyl (C=O) groups excluding carboxylic acids is 2. The summed E-state index contributed by atoms with van der Waals surface area (Å²) in [6, 6.07) is 15.2. The predicted molar refractivity (Wildman–Crippen MR) is 138 cm³/mol. The van der Waals surface area contributed by atoms with E-state index in [0.29, 0.717) is 28.8 Å². The minimum absolute atomic E-state index is 0.0535. The molecule has 5 nitrogen and oxygen atoms in total. The first kappa shape index (κ1) is 25.1. The number of benzene rings is 2. The average molecular weight is 467 g/mol. The van der Waals surface area contributed by atoms with Crippen LogP contribution in [0.3, 0.4) is 0 Å². The highest BCUT2D eigenvalue weighted by Crippen LogP contribution is 2.38. The van der Waals surface area contributed by atoms with Crippen LogP contribution in [0.1, 0.15) is 50.0 Å². The van der Waals surface area contributed by atoms with Crippen LogP contribution in [0, 0.1) is 11.8 Å². The fraction of sp³-hybridized carbons (Fsp3) is 0.407. The van der Waals surface area contributed by atoms with Crippen molar-refractivity contribution < 1.29 is 14.5 Å². The summed E-state index contributed by atoms with van der Waals surface area (Å²) in [6.07, 6.45) is 2.83. The largest absolute Gasteiger partial charge is 0.352 e. The summed E-state index contributed by atoms with van der Waals surface area (Å²) in [6.45, 7) is 13.2. The third-order valence-electron chi connectivity index (χ3n) is 5.44. The molecule has 2 amide bonds. The second kappa shape index (κ2) is 12.1. The van der Waals surface area contributed by atoms with Crippen molar-refractivity contribution in [2.24, 2.45) is 11.8 Å². The summed E-state index contributed by atoms with van der Waals surface area (Å²) < 4.78 is 0. The van der Waals surface area contributed by atoms with Gasteiger partial charge in [-0.3, -0.25) is 9.59 Å². The van der Waals surface area contributed by atoms with E-state index in [1.54, 1.807) is 4.90 Å². The molecule has 1 aliphatic heterocycles. The lowest BCUT2D eigenvalue weighted by Gasteiger charge is -2.23. The van der Waals surface area contributed by atoms with E-state index in [2.05, 4.69) is 38.3 Å². The molecule has 0 fully saturated rings. The first-order valence-corrected chi connectivity index (χ1v) is 12.6. The molecule has 0 saturated carbocycles. The van der Waals surface area contributed by atoms with Crippen molar-refractivity contribution in [3.8, 4) is 0 Å². The van der Waals surface area contributed by atoms with Gasteiger partial charge in [0.2, 0.25) is 0 Å². The molecule has 0 atom stereocenters. The number of para-hydroxylation sites is 1. The second-order valence-electron chi connectivity index (χ2n) is 9.49. The Morgan fingerprint density at radius 1 is 1.03 bits per heavy atom. The number of rotatable bonds is 10. The molecule has 6 heteroatoms. The molecule has 0 spiro atoms. The van der Waals surface area contributed by atoms with Gasteiger partial charge in [-0.25, -0.2) is 0 Å². The van der Waals surface area contributed by atoms with Crippen LogP contribution in [0.15, 0.2) is 58.3 Å². The van der Waals surface area contributed by atoms with Gasteiger partial charge in [0.15, 0.2) is 0 Å². The first-order chi connectivity index (χ1) is 15.8. The molecule has 3 rings (SSSR count). The highest BCUT2D eigenvalue weighted by molar-refractivity contribution is 8.04. The number of thioether (sulfide) groups is 1. The monoisotopic (exact) mass is 466 g/mol. The zero-order valence-corrected chi connectivity index (χ0v) is 20.9. The van der Waals surface area contributed by atoms with Gasteiger partial charge >= 0.3 is 0 Å². The molecular weight excluding hydrogens is 430 g/mol. The Morgan fingerprint density at radius 3 is 2.36 bits per heavy atom. The topological polar surface area (TPSA) is 62.6 Å². The van der Waals surface area contributed by atoms with Crippen LogP contribution in [0.5, 0.6) is 0 Å². The van der Waals surface area contributed by atoms with E-state index in [-0.39, 0.29) is 11.8 Å². The number of amides is 2. The van der Waals surface area contributed by atoms with Crippen LogP contribution in [0.2, 0.25) is 0 Å². The summed E-state index contributed by atoms with van der Waals surface area (Å²) in [5.41, 5.74) is 2.37. The van der Waals surface area contributed by atoms with Crippen molar-refractivity contribution in [1.82, 2.24) is 5.32 Å².